The van der Waals surface area contributed by atoms with Crippen molar-refractivity contribution in [1.82, 2.24) is 4.98 Å². The molecule has 0 saturated carbocycles. The maximum Gasteiger partial charge on any atom is 0.274 e. The van der Waals surface area contributed by atoms with Gasteiger partial charge in [0.05, 0.1) is 10.7 Å². The normalized spacial score (nSPS) is 10.1. The molecule has 0 aliphatic heterocycles. The number of carbonyl (C=O) groups excluding carboxylic acids is 1. The van der Waals surface area contributed by atoms with Crippen molar-refractivity contribution in [3.8, 4) is 0 Å². The van der Waals surface area contributed by atoms with E-state index in [0.717, 1.165) is 16.8 Å². The highest BCUT2D eigenvalue weighted by atomic mass is 35.5. The quantitative estimate of drug-likeness (QED) is 0.813. The van der Waals surface area contributed by atoms with Gasteiger partial charge in [0.1, 0.15) is 5.69 Å². The van der Waals surface area contributed by atoms with E-state index in [9.17, 15) is 4.79 Å². The SMILES string of the molecule is C=CCNc1ccnc(C(=O)Nc2c(C)cc(C)cc2Cl)c1. The molecule has 0 saturated heterocycles. The zero-order chi connectivity index (χ0) is 16.1. The molecule has 1 heterocycles. The van der Waals surface area contributed by atoms with Crippen LogP contribution in [0.1, 0.15) is 21.6 Å². The Hall–Kier alpha value is -2.33. The highest BCUT2D eigenvalue weighted by Gasteiger charge is 2.12. The number of anilines is 2. The molecular weight excluding hydrogens is 298 g/mol. The van der Waals surface area contributed by atoms with Crippen LogP contribution in [0.3, 0.4) is 0 Å². The highest BCUT2D eigenvalue weighted by molar-refractivity contribution is 6.34. The van der Waals surface area contributed by atoms with E-state index < -0.39 is 0 Å². The smallest absolute Gasteiger partial charge is 0.274 e. The number of aromatic nitrogens is 1. The molecule has 22 heavy (non-hydrogen) atoms. The number of pyridine rings is 1. The molecule has 0 fully saturated rings. The van der Waals surface area contributed by atoms with Gasteiger partial charge >= 0.3 is 0 Å². The molecular formula is C17H18ClN3O. The van der Waals surface area contributed by atoms with Crippen LogP contribution in [-0.4, -0.2) is 17.4 Å². The Kier molecular flexibility index (Phi) is 5.17. The molecule has 1 aromatic carbocycles. The number of rotatable bonds is 5. The molecule has 0 radical (unpaired) electrons. The van der Waals surface area contributed by atoms with E-state index in [1.807, 2.05) is 26.0 Å². The van der Waals surface area contributed by atoms with Crippen molar-refractivity contribution in [3.63, 3.8) is 0 Å². The van der Waals surface area contributed by atoms with Gasteiger partial charge in [-0.25, -0.2) is 0 Å². The maximum absolute atomic E-state index is 12.3. The van der Waals surface area contributed by atoms with Crippen molar-refractivity contribution >= 4 is 28.9 Å². The van der Waals surface area contributed by atoms with Gasteiger partial charge in [-0.1, -0.05) is 23.7 Å². The molecule has 5 heteroatoms. The van der Waals surface area contributed by atoms with Crippen LogP contribution >= 0.6 is 11.6 Å². The van der Waals surface area contributed by atoms with Crippen LogP contribution in [0.25, 0.3) is 0 Å². The first-order chi connectivity index (χ1) is 10.5. The lowest BCUT2D eigenvalue weighted by atomic mass is 10.1. The Morgan fingerprint density at radius 2 is 2.14 bits per heavy atom. The molecule has 4 nitrogen and oxygen atoms in total. The summed E-state index contributed by atoms with van der Waals surface area (Å²) in [5, 5.41) is 6.46. The summed E-state index contributed by atoms with van der Waals surface area (Å²) < 4.78 is 0. The van der Waals surface area contributed by atoms with Gasteiger partial charge in [0, 0.05) is 18.4 Å². The van der Waals surface area contributed by atoms with Gasteiger partial charge in [-0.15, -0.1) is 6.58 Å². The predicted molar refractivity (Wildman–Crippen MR) is 91.8 cm³/mol. The van der Waals surface area contributed by atoms with Crippen LogP contribution in [0.2, 0.25) is 5.02 Å². The number of nitrogens with zero attached hydrogens (tertiary/aromatic N) is 1. The summed E-state index contributed by atoms with van der Waals surface area (Å²) in [5.41, 5.74) is 3.72. The van der Waals surface area contributed by atoms with Crippen LogP contribution in [0.15, 0.2) is 43.1 Å². The lowest BCUT2D eigenvalue weighted by Gasteiger charge is -2.12. The summed E-state index contributed by atoms with van der Waals surface area (Å²) in [6.07, 6.45) is 3.33. The van der Waals surface area contributed by atoms with Crippen molar-refractivity contribution in [2.75, 3.05) is 17.2 Å². The van der Waals surface area contributed by atoms with E-state index in [1.165, 1.54) is 0 Å². The summed E-state index contributed by atoms with van der Waals surface area (Å²) in [6, 6.07) is 7.28. The molecule has 0 bridgehead atoms. The molecule has 2 aromatic rings. The van der Waals surface area contributed by atoms with E-state index >= 15 is 0 Å². The fourth-order valence-electron chi connectivity index (χ4n) is 2.11. The number of halogens is 1. The third kappa shape index (κ3) is 3.86. The number of amides is 1. The molecule has 0 atom stereocenters. The minimum absolute atomic E-state index is 0.295. The molecule has 0 spiro atoms. The minimum atomic E-state index is -0.295. The average Bonchev–Trinajstić information content (AvgIpc) is 2.49. The molecule has 0 unspecified atom stereocenters. The monoisotopic (exact) mass is 315 g/mol. The zero-order valence-corrected chi connectivity index (χ0v) is 13.4. The fourth-order valence-corrected chi connectivity index (χ4v) is 2.47. The Morgan fingerprint density at radius 3 is 2.82 bits per heavy atom. The Bertz CT molecular complexity index is 690. The van der Waals surface area contributed by atoms with E-state index in [4.69, 9.17) is 11.6 Å². The lowest BCUT2D eigenvalue weighted by Crippen LogP contribution is -2.15. The van der Waals surface area contributed by atoms with Crippen LogP contribution in [0.4, 0.5) is 11.4 Å². The summed E-state index contributed by atoms with van der Waals surface area (Å²) in [5.74, 6) is -0.295. The summed E-state index contributed by atoms with van der Waals surface area (Å²) >= 11 is 6.21. The van der Waals surface area contributed by atoms with Gasteiger partial charge in [-0.05, 0) is 43.2 Å². The van der Waals surface area contributed by atoms with Crippen LogP contribution < -0.4 is 10.6 Å². The van der Waals surface area contributed by atoms with Gasteiger partial charge in [0.15, 0.2) is 0 Å². The Labute approximate surface area is 135 Å². The van der Waals surface area contributed by atoms with Crippen molar-refractivity contribution in [3.05, 3.63) is 65.0 Å². The third-order valence-corrected chi connectivity index (χ3v) is 3.41. The van der Waals surface area contributed by atoms with Crippen molar-refractivity contribution in [1.29, 1.82) is 0 Å². The minimum Gasteiger partial charge on any atom is -0.381 e. The topological polar surface area (TPSA) is 54.0 Å². The molecule has 0 aliphatic carbocycles. The van der Waals surface area contributed by atoms with E-state index in [-0.39, 0.29) is 5.91 Å². The highest BCUT2D eigenvalue weighted by Crippen LogP contribution is 2.27. The number of hydrogen-bond acceptors (Lipinski definition) is 3. The summed E-state index contributed by atoms with van der Waals surface area (Å²) in [6.45, 7) is 8.13. The standard InChI is InChI=1S/C17H18ClN3O/c1-4-6-19-13-5-7-20-15(10-13)17(22)21-16-12(3)8-11(2)9-14(16)18/h4-5,7-10H,1,6H2,2-3H3,(H,19,20)(H,21,22). The fraction of sp³-hybridized carbons (Fsp3) is 0.176. The molecule has 114 valence electrons. The molecule has 1 aromatic heterocycles. The van der Waals surface area contributed by atoms with Crippen molar-refractivity contribution in [2.45, 2.75) is 13.8 Å². The van der Waals surface area contributed by atoms with Crippen LogP contribution in [0.5, 0.6) is 0 Å². The van der Waals surface area contributed by atoms with Crippen molar-refractivity contribution < 1.29 is 4.79 Å². The van der Waals surface area contributed by atoms with E-state index in [2.05, 4.69) is 22.2 Å². The average molecular weight is 316 g/mol. The Balaban J connectivity index is 2.21. The molecule has 1 amide bonds. The number of nitrogens with one attached hydrogen (secondary N) is 2. The van der Waals surface area contributed by atoms with Crippen LogP contribution in [-0.2, 0) is 0 Å². The molecule has 0 aliphatic rings. The van der Waals surface area contributed by atoms with Gasteiger partial charge in [0.2, 0.25) is 0 Å². The Morgan fingerprint density at radius 1 is 1.36 bits per heavy atom. The maximum atomic E-state index is 12.3. The number of benzene rings is 1. The van der Waals surface area contributed by atoms with E-state index in [0.29, 0.717) is 22.9 Å². The third-order valence-electron chi connectivity index (χ3n) is 3.11. The second-order valence-corrected chi connectivity index (χ2v) is 5.40. The lowest BCUT2D eigenvalue weighted by molar-refractivity contribution is 0.102. The van der Waals surface area contributed by atoms with Crippen molar-refractivity contribution in [2.24, 2.45) is 0 Å². The largest absolute Gasteiger partial charge is 0.381 e. The number of carbonyl (C=O) groups is 1. The number of hydrogen-bond donors (Lipinski definition) is 2. The summed E-state index contributed by atoms with van der Waals surface area (Å²) in [4.78, 5) is 16.4. The predicted octanol–water partition coefficient (Wildman–Crippen LogP) is 4.20. The van der Waals surface area contributed by atoms with E-state index in [1.54, 1.807) is 24.4 Å². The zero-order valence-electron chi connectivity index (χ0n) is 12.6. The first kappa shape index (κ1) is 16.0. The second kappa shape index (κ2) is 7.09. The first-order valence-electron chi connectivity index (χ1n) is 6.90. The molecule has 2 rings (SSSR count). The van der Waals surface area contributed by atoms with Crippen LogP contribution in [0, 0.1) is 13.8 Å². The second-order valence-electron chi connectivity index (χ2n) is 4.99. The summed E-state index contributed by atoms with van der Waals surface area (Å²) in [7, 11) is 0. The molecule has 2 N–H and O–H groups in total. The number of aryl methyl sites for hydroxylation is 2. The van der Waals surface area contributed by atoms with Gasteiger partial charge < -0.3 is 10.6 Å². The van der Waals surface area contributed by atoms with Gasteiger partial charge in [-0.2, -0.15) is 0 Å². The first-order valence-corrected chi connectivity index (χ1v) is 7.28. The van der Waals surface area contributed by atoms with Gasteiger partial charge in [-0.3, -0.25) is 9.78 Å². The van der Waals surface area contributed by atoms with Gasteiger partial charge in [0.25, 0.3) is 5.91 Å².